The molecule has 1 atom stereocenters. The van der Waals surface area contributed by atoms with Crippen LogP contribution in [0.3, 0.4) is 0 Å². The molecule has 1 saturated heterocycles. The minimum Gasteiger partial charge on any atom is -0.379 e. The van der Waals surface area contributed by atoms with Crippen LogP contribution in [-0.4, -0.2) is 35.3 Å². The lowest BCUT2D eigenvalue weighted by molar-refractivity contribution is 0.189. The molecule has 1 aliphatic rings. The third-order valence-electron chi connectivity index (χ3n) is 2.08. The van der Waals surface area contributed by atoms with Crippen molar-refractivity contribution >= 4 is 11.7 Å². The van der Waals surface area contributed by atoms with Crippen molar-refractivity contribution in [2.24, 2.45) is 0 Å². The first-order valence-corrected chi connectivity index (χ1v) is 4.75. The van der Waals surface area contributed by atoms with Gasteiger partial charge in [0.15, 0.2) is 0 Å². The second-order valence-electron chi connectivity index (χ2n) is 3.29. The van der Waals surface area contributed by atoms with Crippen LogP contribution in [0, 0.1) is 0 Å². The number of rotatable bonds is 2. The van der Waals surface area contributed by atoms with E-state index in [4.69, 9.17) is 4.74 Å². The molecule has 80 valence electrons. The summed E-state index contributed by atoms with van der Waals surface area (Å²) in [7, 11) is 0. The molecule has 1 unspecified atom stereocenters. The van der Waals surface area contributed by atoms with Gasteiger partial charge in [-0.2, -0.15) is 0 Å². The molecule has 0 radical (unpaired) electrons. The van der Waals surface area contributed by atoms with Gasteiger partial charge < -0.3 is 15.4 Å². The number of ether oxygens (including phenoxy) is 1. The topological polar surface area (TPSA) is 76.1 Å². The molecule has 2 amide bonds. The van der Waals surface area contributed by atoms with E-state index in [0.29, 0.717) is 18.9 Å². The molecule has 15 heavy (non-hydrogen) atoms. The maximum Gasteiger partial charge on any atom is 0.319 e. The number of hydrogen-bond acceptors (Lipinski definition) is 4. The number of hydrogen-bond donors (Lipinski definition) is 2. The van der Waals surface area contributed by atoms with Gasteiger partial charge in [-0.25, -0.2) is 14.8 Å². The summed E-state index contributed by atoms with van der Waals surface area (Å²) >= 11 is 0. The Kier molecular flexibility index (Phi) is 3.08. The van der Waals surface area contributed by atoms with Crippen LogP contribution in [0.2, 0.25) is 0 Å². The predicted molar refractivity (Wildman–Crippen MR) is 53.4 cm³/mol. The first-order chi connectivity index (χ1) is 7.34. The highest BCUT2D eigenvalue weighted by Gasteiger charge is 2.17. The molecule has 6 heteroatoms. The predicted octanol–water partition coefficient (Wildman–Crippen LogP) is 0.387. The number of anilines is 1. The van der Waals surface area contributed by atoms with E-state index in [2.05, 4.69) is 20.6 Å². The number of nitrogens with zero attached hydrogens (tertiary/aromatic N) is 2. The van der Waals surface area contributed by atoms with E-state index in [1.165, 1.54) is 18.7 Å². The maximum absolute atomic E-state index is 11.4. The summed E-state index contributed by atoms with van der Waals surface area (Å²) < 4.78 is 5.14. The minimum atomic E-state index is -0.250. The van der Waals surface area contributed by atoms with E-state index in [9.17, 15) is 4.79 Å². The number of urea groups is 1. The molecule has 0 spiro atoms. The van der Waals surface area contributed by atoms with E-state index in [1.807, 2.05) is 0 Å². The van der Waals surface area contributed by atoms with Gasteiger partial charge >= 0.3 is 6.03 Å². The van der Waals surface area contributed by atoms with Gasteiger partial charge in [0.2, 0.25) is 0 Å². The molecular formula is C9H12N4O2. The summed E-state index contributed by atoms with van der Waals surface area (Å²) in [5.41, 5.74) is 0.578. The Morgan fingerprint density at radius 3 is 2.93 bits per heavy atom. The molecule has 1 aliphatic heterocycles. The highest BCUT2D eigenvalue weighted by atomic mass is 16.5. The summed E-state index contributed by atoms with van der Waals surface area (Å²) in [5.74, 6) is 0. The summed E-state index contributed by atoms with van der Waals surface area (Å²) in [5, 5.41) is 5.43. The van der Waals surface area contributed by atoms with Crippen molar-refractivity contribution in [3.8, 4) is 0 Å². The Morgan fingerprint density at radius 2 is 2.27 bits per heavy atom. The van der Waals surface area contributed by atoms with Crippen LogP contribution in [0.1, 0.15) is 6.42 Å². The van der Waals surface area contributed by atoms with E-state index >= 15 is 0 Å². The molecule has 6 nitrogen and oxygen atoms in total. The molecular weight excluding hydrogens is 196 g/mol. The summed E-state index contributed by atoms with van der Waals surface area (Å²) in [6.07, 6.45) is 5.35. The van der Waals surface area contributed by atoms with Crippen LogP contribution in [0.25, 0.3) is 0 Å². The smallest absolute Gasteiger partial charge is 0.319 e. The first-order valence-electron chi connectivity index (χ1n) is 4.75. The molecule has 1 fully saturated rings. The number of aromatic nitrogens is 2. The first kappa shape index (κ1) is 9.85. The quantitative estimate of drug-likeness (QED) is 0.737. The standard InChI is InChI=1S/C9H12N4O2/c14-9(12-7-1-2-15-5-7)13-8-3-10-6-11-4-8/h3-4,6-7H,1-2,5H2,(H2,12,13,14). The zero-order chi connectivity index (χ0) is 10.5. The van der Waals surface area contributed by atoms with Gasteiger partial charge in [0.05, 0.1) is 30.7 Å². The Bertz CT molecular complexity index is 324. The SMILES string of the molecule is O=C(Nc1cncnc1)NC1CCOC1. The Hall–Kier alpha value is -1.69. The molecule has 2 rings (SSSR count). The molecule has 1 aromatic heterocycles. The summed E-state index contributed by atoms with van der Waals surface area (Å²) in [6, 6.07) is -0.144. The molecule has 2 heterocycles. The molecule has 2 N–H and O–H groups in total. The van der Waals surface area contributed by atoms with Crippen molar-refractivity contribution in [3.05, 3.63) is 18.7 Å². The second-order valence-corrected chi connectivity index (χ2v) is 3.29. The highest BCUT2D eigenvalue weighted by Crippen LogP contribution is 2.04. The number of carbonyl (C=O) groups is 1. The fourth-order valence-electron chi connectivity index (χ4n) is 1.36. The average Bonchev–Trinajstić information content (AvgIpc) is 2.71. The Balaban J connectivity index is 1.82. The van der Waals surface area contributed by atoms with Crippen molar-refractivity contribution in [1.82, 2.24) is 15.3 Å². The fraction of sp³-hybridized carbons (Fsp3) is 0.444. The van der Waals surface area contributed by atoms with Crippen LogP contribution in [0.5, 0.6) is 0 Å². The van der Waals surface area contributed by atoms with Crippen molar-refractivity contribution in [1.29, 1.82) is 0 Å². The Morgan fingerprint density at radius 1 is 1.47 bits per heavy atom. The minimum absolute atomic E-state index is 0.106. The van der Waals surface area contributed by atoms with Crippen LogP contribution in [0.4, 0.5) is 10.5 Å². The van der Waals surface area contributed by atoms with Crippen molar-refractivity contribution < 1.29 is 9.53 Å². The van der Waals surface area contributed by atoms with Gasteiger partial charge in [0.1, 0.15) is 6.33 Å². The van der Waals surface area contributed by atoms with Crippen molar-refractivity contribution in [2.45, 2.75) is 12.5 Å². The molecule has 0 bridgehead atoms. The average molecular weight is 208 g/mol. The molecule has 0 aromatic carbocycles. The van der Waals surface area contributed by atoms with E-state index < -0.39 is 0 Å². The third-order valence-corrected chi connectivity index (χ3v) is 2.08. The van der Waals surface area contributed by atoms with E-state index in [1.54, 1.807) is 0 Å². The second kappa shape index (κ2) is 4.70. The Labute approximate surface area is 87.1 Å². The number of amides is 2. The third kappa shape index (κ3) is 2.88. The van der Waals surface area contributed by atoms with Gasteiger partial charge in [-0.1, -0.05) is 0 Å². The molecule has 0 aliphatic carbocycles. The van der Waals surface area contributed by atoms with Gasteiger partial charge in [0.25, 0.3) is 0 Å². The van der Waals surface area contributed by atoms with Crippen molar-refractivity contribution in [3.63, 3.8) is 0 Å². The highest BCUT2D eigenvalue weighted by molar-refractivity contribution is 5.89. The van der Waals surface area contributed by atoms with Crippen LogP contribution >= 0.6 is 0 Å². The summed E-state index contributed by atoms with van der Waals surface area (Å²) in [4.78, 5) is 19.0. The van der Waals surface area contributed by atoms with Gasteiger partial charge in [-0.05, 0) is 6.42 Å². The van der Waals surface area contributed by atoms with Gasteiger partial charge in [-0.3, -0.25) is 0 Å². The summed E-state index contributed by atoms with van der Waals surface area (Å²) in [6.45, 7) is 1.29. The molecule has 0 saturated carbocycles. The van der Waals surface area contributed by atoms with Crippen LogP contribution < -0.4 is 10.6 Å². The van der Waals surface area contributed by atoms with Crippen LogP contribution in [-0.2, 0) is 4.74 Å². The monoisotopic (exact) mass is 208 g/mol. The maximum atomic E-state index is 11.4. The number of nitrogens with one attached hydrogen (secondary N) is 2. The largest absolute Gasteiger partial charge is 0.379 e. The normalized spacial score (nSPS) is 19.9. The van der Waals surface area contributed by atoms with Crippen LogP contribution in [0.15, 0.2) is 18.7 Å². The van der Waals surface area contributed by atoms with E-state index in [0.717, 1.165) is 6.42 Å². The number of carbonyl (C=O) groups excluding carboxylic acids is 1. The lowest BCUT2D eigenvalue weighted by atomic mass is 10.3. The molecule has 1 aromatic rings. The zero-order valence-corrected chi connectivity index (χ0v) is 8.14. The van der Waals surface area contributed by atoms with Gasteiger partial charge in [0, 0.05) is 6.61 Å². The van der Waals surface area contributed by atoms with Gasteiger partial charge in [-0.15, -0.1) is 0 Å². The zero-order valence-electron chi connectivity index (χ0n) is 8.14. The fourth-order valence-corrected chi connectivity index (χ4v) is 1.36. The lowest BCUT2D eigenvalue weighted by Gasteiger charge is -2.11. The van der Waals surface area contributed by atoms with Crippen molar-refractivity contribution in [2.75, 3.05) is 18.5 Å². The van der Waals surface area contributed by atoms with E-state index in [-0.39, 0.29) is 12.1 Å². The lowest BCUT2D eigenvalue weighted by Crippen LogP contribution is -2.38.